The van der Waals surface area contributed by atoms with Crippen molar-refractivity contribution >= 4 is 17.7 Å². The Morgan fingerprint density at radius 2 is 1.68 bits per heavy atom. The second kappa shape index (κ2) is 6.78. The number of esters is 1. The van der Waals surface area contributed by atoms with E-state index in [2.05, 4.69) is 15.4 Å². The quantitative estimate of drug-likeness (QED) is 0.821. The molecule has 0 unspecified atom stereocenters. The highest BCUT2D eigenvalue weighted by Crippen LogP contribution is 2.10. The molecule has 5 nitrogen and oxygen atoms in total. The molecule has 2 N–H and O–H groups in total. The van der Waals surface area contributed by atoms with Gasteiger partial charge in [-0.25, -0.2) is 9.59 Å². The van der Waals surface area contributed by atoms with Gasteiger partial charge in [-0.15, -0.1) is 0 Å². The zero-order valence-electron chi connectivity index (χ0n) is 11.7. The summed E-state index contributed by atoms with van der Waals surface area (Å²) in [6, 6.07) is 6.36. The van der Waals surface area contributed by atoms with Crippen LogP contribution in [-0.2, 0) is 4.74 Å². The molecule has 1 atom stereocenters. The Bertz CT molecular complexity index is 441. The summed E-state index contributed by atoms with van der Waals surface area (Å²) >= 11 is 0. The second-order valence-corrected chi connectivity index (χ2v) is 4.70. The van der Waals surface area contributed by atoms with Crippen LogP contribution < -0.4 is 10.6 Å². The van der Waals surface area contributed by atoms with Crippen molar-refractivity contribution in [3.05, 3.63) is 29.8 Å². The van der Waals surface area contributed by atoms with Gasteiger partial charge in [0.1, 0.15) is 0 Å². The van der Waals surface area contributed by atoms with Crippen LogP contribution in [0.3, 0.4) is 0 Å². The molecule has 0 heterocycles. The maximum atomic E-state index is 11.7. The van der Waals surface area contributed by atoms with Crippen molar-refractivity contribution in [2.45, 2.75) is 26.8 Å². The predicted molar refractivity (Wildman–Crippen MR) is 74.2 cm³/mol. The summed E-state index contributed by atoms with van der Waals surface area (Å²) in [5.41, 5.74) is 1.07. The monoisotopic (exact) mass is 264 g/mol. The summed E-state index contributed by atoms with van der Waals surface area (Å²) in [5, 5.41) is 5.54. The first-order chi connectivity index (χ1) is 8.93. The molecule has 19 heavy (non-hydrogen) atoms. The number of methoxy groups -OCH3 is 1. The number of nitrogens with one attached hydrogen (secondary N) is 2. The molecule has 2 amide bonds. The van der Waals surface area contributed by atoms with Gasteiger partial charge in [0.05, 0.1) is 12.7 Å². The highest BCUT2D eigenvalue weighted by Gasteiger charge is 2.11. The molecule has 0 saturated carbocycles. The van der Waals surface area contributed by atoms with Crippen molar-refractivity contribution in [3.63, 3.8) is 0 Å². The van der Waals surface area contributed by atoms with Gasteiger partial charge < -0.3 is 15.4 Å². The van der Waals surface area contributed by atoms with E-state index in [0.29, 0.717) is 17.2 Å². The fraction of sp³-hybridized carbons (Fsp3) is 0.429. The van der Waals surface area contributed by atoms with Crippen LogP contribution in [0.1, 0.15) is 31.1 Å². The first-order valence-corrected chi connectivity index (χ1v) is 6.20. The van der Waals surface area contributed by atoms with Crippen LogP contribution in [0.4, 0.5) is 10.5 Å². The first-order valence-electron chi connectivity index (χ1n) is 6.20. The summed E-state index contributed by atoms with van der Waals surface area (Å²) in [5.74, 6) is -0.0307. The Hall–Kier alpha value is -2.04. The molecule has 0 bridgehead atoms. The number of carbonyl (C=O) groups is 2. The average Bonchev–Trinajstić information content (AvgIpc) is 2.38. The molecule has 0 fully saturated rings. The smallest absolute Gasteiger partial charge is 0.337 e. The number of carbonyl (C=O) groups excluding carboxylic acids is 2. The maximum Gasteiger partial charge on any atom is 0.337 e. The van der Waals surface area contributed by atoms with E-state index in [9.17, 15) is 9.59 Å². The molecule has 0 spiro atoms. The molecule has 0 aliphatic rings. The van der Waals surface area contributed by atoms with Gasteiger partial charge in [-0.1, -0.05) is 13.8 Å². The number of benzene rings is 1. The Labute approximate surface area is 113 Å². The van der Waals surface area contributed by atoms with Crippen molar-refractivity contribution in [2.75, 3.05) is 12.4 Å². The first kappa shape index (κ1) is 15.0. The Morgan fingerprint density at radius 1 is 1.11 bits per heavy atom. The molecule has 0 aliphatic heterocycles. The molecule has 0 aliphatic carbocycles. The van der Waals surface area contributed by atoms with Gasteiger partial charge in [0.2, 0.25) is 0 Å². The van der Waals surface area contributed by atoms with E-state index in [1.165, 1.54) is 7.11 Å². The topological polar surface area (TPSA) is 67.4 Å². The lowest BCUT2D eigenvalue weighted by Gasteiger charge is -2.17. The molecule has 1 aromatic carbocycles. The molecule has 104 valence electrons. The third kappa shape index (κ3) is 4.62. The van der Waals surface area contributed by atoms with Crippen molar-refractivity contribution < 1.29 is 14.3 Å². The summed E-state index contributed by atoms with van der Waals surface area (Å²) < 4.78 is 4.60. The fourth-order valence-corrected chi connectivity index (χ4v) is 1.35. The summed E-state index contributed by atoms with van der Waals surface area (Å²) in [4.78, 5) is 22.9. The van der Waals surface area contributed by atoms with E-state index >= 15 is 0 Å². The van der Waals surface area contributed by atoms with E-state index < -0.39 is 5.97 Å². The Kier molecular flexibility index (Phi) is 5.36. The summed E-state index contributed by atoms with van der Waals surface area (Å²) in [6.45, 7) is 6.02. The van der Waals surface area contributed by atoms with Crippen molar-refractivity contribution in [1.29, 1.82) is 0 Å². The van der Waals surface area contributed by atoms with Crippen molar-refractivity contribution in [2.24, 2.45) is 5.92 Å². The third-order valence-corrected chi connectivity index (χ3v) is 2.92. The summed E-state index contributed by atoms with van der Waals surface area (Å²) in [6.07, 6.45) is 0. The number of rotatable bonds is 4. The van der Waals surface area contributed by atoms with Gasteiger partial charge in [0.15, 0.2) is 0 Å². The highest BCUT2D eigenvalue weighted by atomic mass is 16.5. The predicted octanol–water partition coefficient (Wildman–Crippen LogP) is 2.64. The number of anilines is 1. The molecule has 0 radical (unpaired) electrons. The second-order valence-electron chi connectivity index (χ2n) is 4.70. The normalized spacial score (nSPS) is 11.8. The minimum Gasteiger partial charge on any atom is -0.465 e. The molecule has 5 heteroatoms. The van der Waals surface area contributed by atoms with Gasteiger partial charge in [-0.05, 0) is 37.1 Å². The van der Waals surface area contributed by atoms with E-state index in [1.54, 1.807) is 24.3 Å². The van der Waals surface area contributed by atoms with Crippen molar-refractivity contribution in [3.8, 4) is 0 Å². The van der Waals surface area contributed by atoms with Crippen LogP contribution in [0.15, 0.2) is 24.3 Å². The molecular weight excluding hydrogens is 244 g/mol. The number of hydrogen-bond donors (Lipinski definition) is 2. The lowest BCUT2D eigenvalue weighted by molar-refractivity contribution is 0.0601. The standard InChI is InChI=1S/C14H20N2O3/c1-9(2)10(3)15-14(18)16-12-7-5-11(6-8-12)13(17)19-4/h5-10H,1-4H3,(H2,15,16,18)/t10-/m1/s1. The van der Waals surface area contributed by atoms with E-state index in [1.807, 2.05) is 20.8 Å². The van der Waals surface area contributed by atoms with Crippen LogP contribution in [0.2, 0.25) is 0 Å². The van der Waals surface area contributed by atoms with Crippen LogP contribution >= 0.6 is 0 Å². The Balaban J connectivity index is 2.58. The fourth-order valence-electron chi connectivity index (χ4n) is 1.35. The van der Waals surface area contributed by atoms with Crippen LogP contribution in [0.5, 0.6) is 0 Å². The molecule has 0 saturated heterocycles. The average molecular weight is 264 g/mol. The number of amides is 2. The molecule has 1 aromatic rings. The number of hydrogen-bond acceptors (Lipinski definition) is 3. The van der Waals surface area contributed by atoms with Gasteiger partial charge in [0, 0.05) is 11.7 Å². The lowest BCUT2D eigenvalue weighted by Crippen LogP contribution is -2.38. The van der Waals surface area contributed by atoms with Gasteiger partial charge in [-0.3, -0.25) is 0 Å². The molecular formula is C14H20N2O3. The largest absolute Gasteiger partial charge is 0.465 e. The molecule has 0 aromatic heterocycles. The van der Waals surface area contributed by atoms with Gasteiger partial charge in [-0.2, -0.15) is 0 Å². The van der Waals surface area contributed by atoms with E-state index in [-0.39, 0.29) is 12.1 Å². The van der Waals surface area contributed by atoms with E-state index in [4.69, 9.17) is 0 Å². The third-order valence-electron chi connectivity index (χ3n) is 2.92. The maximum absolute atomic E-state index is 11.7. The van der Waals surface area contributed by atoms with Crippen LogP contribution in [0.25, 0.3) is 0 Å². The van der Waals surface area contributed by atoms with E-state index in [0.717, 1.165) is 0 Å². The Morgan fingerprint density at radius 3 is 2.16 bits per heavy atom. The van der Waals surface area contributed by atoms with Gasteiger partial charge >= 0.3 is 12.0 Å². The number of urea groups is 1. The summed E-state index contributed by atoms with van der Waals surface area (Å²) in [7, 11) is 1.33. The minimum atomic E-state index is -0.399. The SMILES string of the molecule is COC(=O)c1ccc(NC(=O)N[C@H](C)C(C)C)cc1. The van der Waals surface area contributed by atoms with Crippen molar-refractivity contribution in [1.82, 2.24) is 5.32 Å². The molecule has 1 rings (SSSR count). The number of ether oxygens (including phenoxy) is 1. The van der Waals surface area contributed by atoms with Crippen LogP contribution in [0, 0.1) is 5.92 Å². The highest BCUT2D eigenvalue weighted by molar-refractivity contribution is 5.92. The zero-order valence-corrected chi connectivity index (χ0v) is 11.7. The van der Waals surface area contributed by atoms with Crippen LogP contribution in [-0.4, -0.2) is 25.2 Å². The minimum absolute atomic E-state index is 0.0920. The zero-order chi connectivity index (χ0) is 14.4. The van der Waals surface area contributed by atoms with Gasteiger partial charge in [0.25, 0.3) is 0 Å². The lowest BCUT2D eigenvalue weighted by atomic mass is 10.1.